The summed E-state index contributed by atoms with van der Waals surface area (Å²) in [4.78, 5) is 26.8. The Morgan fingerprint density at radius 3 is 1.76 bits per heavy atom. The summed E-state index contributed by atoms with van der Waals surface area (Å²) in [6.07, 6.45) is 13.5. The monoisotopic (exact) mass is 516 g/mol. The molecule has 4 heteroatoms. The Bertz CT molecular complexity index is 1140. The first-order valence-corrected chi connectivity index (χ1v) is 13.5. The lowest BCUT2D eigenvalue weighted by molar-refractivity contribution is -0.124. The number of aliphatic hydroxyl groups excluding tert-OH is 2. The van der Waals surface area contributed by atoms with E-state index in [1.165, 1.54) is 11.1 Å². The Hall–Kier alpha value is -3.40. The number of rotatable bonds is 13. The van der Waals surface area contributed by atoms with E-state index in [2.05, 4.69) is 39.8 Å². The number of carbonyl (C=O) groups is 2. The second-order valence-electron chi connectivity index (χ2n) is 10.9. The Morgan fingerprint density at radius 1 is 0.789 bits per heavy atom. The summed E-state index contributed by atoms with van der Waals surface area (Å²) < 4.78 is 0. The highest BCUT2D eigenvalue weighted by Gasteiger charge is 2.46. The maximum atomic E-state index is 13.5. The minimum Gasteiger partial charge on any atom is -0.510 e. The first-order chi connectivity index (χ1) is 18.0. The SMILES string of the molecule is CC(C)=CCCC(C)=CCC1(CC=C(C)CCC=C(C)C)C(=O)C=C(O)C(C(=O)Cc2ccccc2)=C1O. The molecule has 4 nitrogen and oxygen atoms in total. The van der Waals surface area contributed by atoms with Crippen molar-refractivity contribution >= 4 is 11.6 Å². The van der Waals surface area contributed by atoms with Gasteiger partial charge in [-0.3, -0.25) is 9.59 Å². The van der Waals surface area contributed by atoms with Crippen LogP contribution in [0.5, 0.6) is 0 Å². The lowest BCUT2D eigenvalue weighted by Crippen LogP contribution is -2.37. The van der Waals surface area contributed by atoms with Crippen LogP contribution in [0.15, 0.2) is 100 Å². The minimum absolute atomic E-state index is 0.0253. The second kappa shape index (κ2) is 14.5. The van der Waals surface area contributed by atoms with E-state index in [4.69, 9.17) is 0 Å². The molecule has 0 atom stereocenters. The quantitative estimate of drug-likeness (QED) is 0.257. The number of Topliss-reactive ketones (excluding diaryl/α,β-unsaturated/α-hetero) is 1. The number of benzene rings is 1. The lowest BCUT2D eigenvalue weighted by atomic mass is 9.69. The molecule has 1 aliphatic rings. The molecule has 2 rings (SSSR count). The molecular weight excluding hydrogens is 472 g/mol. The van der Waals surface area contributed by atoms with Gasteiger partial charge in [0, 0.05) is 12.5 Å². The maximum absolute atomic E-state index is 13.5. The Kier molecular flexibility index (Phi) is 11.8. The third-order valence-corrected chi connectivity index (χ3v) is 6.95. The first kappa shape index (κ1) is 30.8. The number of hydrogen-bond donors (Lipinski definition) is 2. The highest BCUT2D eigenvalue weighted by atomic mass is 16.3. The van der Waals surface area contributed by atoms with Crippen LogP contribution in [0.1, 0.15) is 85.6 Å². The minimum atomic E-state index is -1.33. The standard InChI is InChI=1S/C34H44O4/c1-24(2)12-10-14-26(5)18-20-34(21-19-27(6)15-11-13-25(3)4)31(37)23-30(36)32(33(34)38)29(35)22-28-16-8-7-9-17-28/h7-9,12-13,16-19,23,36,38H,10-11,14-15,20-22H2,1-6H3. The summed E-state index contributed by atoms with van der Waals surface area (Å²) in [6, 6.07) is 9.20. The molecule has 0 saturated heterocycles. The molecule has 0 saturated carbocycles. The molecule has 0 fully saturated rings. The van der Waals surface area contributed by atoms with Gasteiger partial charge < -0.3 is 10.2 Å². The maximum Gasteiger partial charge on any atom is 0.174 e. The van der Waals surface area contributed by atoms with Crippen LogP contribution in [0.2, 0.25) is 0 Å². The fourth-order valence-corrected chi connectivity index (χ4v) is 4.51. The van der Waals surface area contributed by atoms with Crippen molar-refractivity contribution < 1.29 is 19.8 Å². The summed E-state index contributed by atoms with van der Waals surface area (Å²) in [6.45, 7) is 12.3. The molecule has 38 heavy (non-hydrogen) atoms. The van der Waals surface area contributed by atoms with Crippen molar-refractivity contribution in [3.63, 3.8) is 0 Å². The molecule has 204 valence electrons. The summed E-state index contributed by atoms with van der Waals surface area (Å²) in [5, 5.41) is 22.2. The molecule has 0 unspecified atom stereocenters. The predicted molar refractivity (Wildman–Crippen MR) is 157 cm³/mol. The van der Waals surface area contributed by atoms with Crippen molar-refractivity contribution in [1.29, 1.82) is 0 Å². The zero-order valence-corrected chi connectivity index (χ0v) is 23.9. The Balaban J connectivity index is 2.47. The fourth-order valence-electron chi connectivity index (χ4n) is 4.51. The van der Waals surface area contributed by atoms with Crippen LogP contribution >= 0.6 is 0 Å². The summed E-state index contributed by atoms with van der Waals surface area (Å²) in [7, 11) is 0. The molecule has 0 bridgehead atoms. The molecule has 0 amide bonds. The summed E-state index contributed by atoms with van der Waals surface area (Å²) in [5.41, 5.74) is 4.04. The third kappa shape index (κ3) is 8.86. The second-order valence-corrected chi connectivity index (χ2v) is 10.9. The largest absolute Gasteiger partial charge is 0.510 e. The van der Waals surface area contributed by atoms with Gasteiger partial charge in [0.2, 0.25) is 0 Å². The van der Waals surface area contributed by atoms with E-state index in [0.29, 0.717) is 0 Å². The third-order valence-electron chi connectivity index (χ3n) is 6.95. The van der Waals surface area contributed by atoms with E-state index in [1.807, 2.05) is 56.3 Å². The average molecular weight is 517 g/mol. The van der Waals surface area contributed by atoms with E-state index in [1.54, 1.807) is 0 Å². The number of allylic oxidation sites excluding steroid dienone is 11. The zero-order valence-electron chi connectivity index (χ0n) is 23.9. The molecule has 0 radical (unpaired) electrons. The molecule has 0 aliphatic heterocycles. The number of ketones is 2. The zero-order chi connectivity index (χ0) is 28.3. The van der Waals surface area contributed by atoms with Gasteiger partial charge in [0.25, 0.3) is 0 Å². The van der Waals surface area contributed by atoms with E-state index in [-0.39, 0.29) is 36.4 Å². The van der Waals surface area contributed by atoms with Gasteiger partial charge in [-0.1, -0.05) is 76.9 Å². The predicted octanol–water partition coefficient (Wildman–Crippen LogP) is 8.79. The number of carbonyl (C=O) groups excluding carboxylic acids is 2. The molecule has 1 aromatic rings. The van der Waals surface area contributed by atoms with Gasteiger partial charge in [-0.25, -0.2) is 0 Å². The van der Waals surface area contributed by atoms with E-state index >= 15 is 0 Å². The van der Waals surface area contributed by atoms with Crippen LogP contribution in [0.4, 0.5) is 0 Å². The summed E-state index contributed by atoms with van der Waals surface area (Å²) in [5.74, 6) is -1.58. The van der Waals surface area contributed by atoms with E-state index in [0.717, 1.165) is 48.5 Å². The van der Waals surface area contributed by atoms with Crippen LogP contribution in [0.25, 0.3) is 0 Å². The van der Waals surface area contributed by atoms with Gasteiger partial charge in [0.05, 0.1) is 11.0 Å². The van der Waals surface area contributed by atoms with Gasteiger partial charge in [-0.05, 0) is 85.6 Å². The fraction of sp³-hybridized carbons (Fsp3) is 0.412. The Morgan fingerprint density at radius 2 is 1.29 bits per heavy atom. The van der Waals surface area contributed by atoms with Crippen LogP contribution in [0.3, 0.4) is 0 Å². The van der Waals surface area contributed by atoms with Crippen molar-refractivity contribution in [2.45, 2.75) is 86.5 Å². The molecule has 1 aromatic carbocycles. The normalized spacial score (nSPS) is 18.3. The lowest BCUT2D eigenvalue weighted by Gasteiger charge is -2.33. The molecule has 2 N–H and O–H groups in total. The molecule has 0 heterocycles. The van der Waals surface area contributed by atoms with Crippen LogP contribution in [-0.4, -0.2) is 21.8 Å². The van der Waals surface area contributed by atoms with Crippen LogP contribution in [-0.2, 0) is 16.0 Å². The smallest absolute Gasteiger partial charge is 0.174 e. The van der Waals surface area contributed by atoms with Crippen molar-refractivity contribution in [2.24, 2.45) is 5.41 Å². The van der Waals surface area contributed by atoms with Crippen molar-refractivity contribution in [2.75, 3.05) is 0 Å². The van der Waals surface area contributed by atoms with Crippen LogP contribution in [0, 0.1) is 5.41 Å². The highest BCUT2D eigenvalue weighted by Crippen LogP contribution is 2.43. The van der Waals surface area contributed by atoms with Gasteiger partial charge >= 0.3 is 0 Å². The number of hydrogen-bond acceptors (Lipinski definition) is 4. The topological polar surface area (TPSA) is 74.6 Å². The van der Waals surface area contributed by atoms with E-state index < -0.39 is 17.0 Å². The van der Waals surface area contributed by atoms with Gasteiger partial charge in [-0.2, -0.15) is 0 Å². The molecule has 0 aromatic heterocycles. The van der Waals surface area contributed by atoms with Crippen molar-refractivity contribution in [3.05, 3.63) is 106 Å². The van der Waals surface area contributed by atoms with Gasteiger partial charge in [0.15, 0.2) is 11.6 Å². The van der Waals surface area contributed by atoms with Crippen molar-refractivity contribution in [1.82, 2.24) is 0 Å². The Labute approximate surface area is 228 Å². The molecule has 0 spiro atoms. The highest BCUT2D eigenvalue weighted by molar-refractivity contribution is 6.08. The first-order valence-electron chi connectivity index (χ1n) is 13.5. The number of aliphatic hydroxyl groups is 2. The van der Waals surface area contributed by atoms with E-state index in [9.17, 15) is 19.8 Å². The average Bonchev–Trinajstić information content (AvgIpc) is 2.83. The summed E-state index contributed by atoms with van der Waals surface area (Å²) >= 11 is 0. The van der Waals surface area contributed by atoms with Gasteiger partial charge in [-0.15, -0.1) is 0 Å². The molecule has 1 aliphatic carbocycles. The van der Waals surface area contributed by atoms with Crippen LogP contribution < -0.4 is 0 Å². The van der Waals surface area contributed by atoms with Gasteiger partial charge in [0.1, 0.15) is 11.5 Å². The molecular formula is C34H44O4. The van der Waals surface area contributed by atoms with Crippen molar-refractivity contribution in [3.8, 4) is 0 Å².